The first-order valence-corrected chi connectivity index (χ1v) is 8.50. The molecule has 8 nitrogen and oxygen atoms in total. The Morgan fingerprint density at radius 3 is 2.33 bits per heavy atom. The Morgan fingerprint density at radius 2 is 1.73 bits per heavy atom. The summed E-state index contributed by atoms with van der Waals surface area (Å²) in [4.78, 5) is 22.8. The highest BCUT2D eigenvalue weighted by atomic mass is 19.4. The third-order valence-corrected chi connectivity index (χ3v) is 3.78. The van der Waals surface area contributed by atoms with Gasteiger partial charge >= 0.3 is 18.4 Å². The predicted octanol–water partition coefficient (Wildman–Crippen LogP) is 2.60. The Bertz CT molecular complexity index is 874. The number of alkyl halides is 3. The molecule has 0 heterocycles. The summed E-state index contributed by atoms with van der Waals surface area (Å²) in [7, 11) is 0. The third-order valence-electron chi connectivity index (χ3n) is 3.78. The first-order chi connectivity index (χ1) is 14.0. The van der Waals surface area contributed by atoms with Crippen LogP contribution in [-0.4, -0.2) is 46.4 Å². The molecule has 0 aliphatic heterocycles. The molecule has 2 rings (SSSR count). The number of carbonyl (C=O) groups excluding carboxylic acids is 1. The van der Waals surface area contributed by atoms with Gasteiger partial charge in [0, 0.05) is 6.54 Å². The minimum Gasteiger partial charge on any atom is -0.478 e. The van der Waals surface area contributed by atoms with Gasteiger partial charge in [-0.2, -0.15) is 0 Å². The van der Waals surface area contributed by atoms with Gasteiger partial charge in [-0.25, -0.2) is 9.59 Å². The van der Waals surface area contributed by atoms with E-state index in [1.165, 1.54) is 0 Å². The molecule has 0 aliphatic rings. The Kier molecular flexibility index (Phi) is 7.61. The SMILES string of the molecule is O=C(NCC(O)C(O)c1cc(OC(F)(F)F)cc(C(=O)O)c1)OCc1ccccc1. The van der Waals surface area contributed by atoms with E-state index in [9.17, 15) is 33.0 Å². The number of aliphatic hydroxyl groups excluding tert-OH is 2. The standard InChI is InChI=1S/C19H18F3NO7/c20-19(21,22)30-14-7-12(6-13(8-14)17(26)27)16(25)15(24)9-23-18(28)29-10-11-4-2-1-3-5-11/h1-8,15-16,24-25H,9-10H2,(H,23,28)(H,26,27). The molecule has 2 unspecified atom stereocenters. The van der Waals surface area contributed by atoms with Gasteiger partial charge in [0.05, 0.1) is 5.56 Å². The first-order valence-electron chi connectivity index (χ1n) is 8.50. The highest BCUT2D eigenvalue weighted by molar-refractivity contribution is 5.88. The largest absolute Gasteiger partial charge is 0.573 e. The van der Waals surface area contributed by atoms with E-state index >= 15 is 0 Å². The van der Waals surface area contributed by atoms with Crippen LogP contribution in [0.4, 0.5) is 18.0 Å². The number of carboxylic acids is 1. The van der Waals surface area contributed by atoms with Crippen LogP contribution in [0.2, 0.25) is 0 Å². The molecule has 1 amide bonds. The highest BCUT2D eigenvalue weighted by Gasteiger charge is 2.32. The Morgan fingerprint density at radius 1 is 1.07 bits per heavy atom. The predicted molar refractivity (Wildman–Crippen MR) is 95.7 cm³/mol. The summed E-state index contributed by atoms with van der Waals surface area (Å²) in [5, 5.41) is 31.4. The van der Waals surface area contributed by atoms with Crippen LogP contribution < -0.4 is 10.1 Å². The van der Waals surface area contributed by atoms with E-state index in [0.29, 0.717) is 6.07 Å². The molecule has 11 heteroatoms. The van der Waals surface area contributed by atoms with Crippen LogP contribution in [0.5, 0.6) is 5.75 Å². The summed E-state index contributed by atoms with van der Waals surface area (Å²) < 4.78 is 45.9. The molecule has 30 heavy (non-hydrogen) atoms. The number of amides is 1. The van der Waals surface area contributed by atoms with Gasteiger partial charge < -0.3 is 30.1 Å². The number of alkyl carbamates (subject to hydrolysis) is 1. The van der Waals surface area contributed by atoms with Crippen molar-refractivity contribution in [2.75, 3.05) is 6.54 Å². The maximum Gasteiger partial charge on any atom is 0.573 e. The summed E-state index contributed by atoms with van der Waals surface area (Å²) in [6, 6.07) is 11.0. The molecule has 0 radical (unpaired) electrons. The van der Waals surface area contributed by atoms with Gasteiger partial charge in [0.2, 0.25) is 0 Å². The lowest BCUT2D eigenvalue weighted by Gasteiger charge is -2.20. The highest BCUT2D eigenvalue weighted by Crippen LogP contribution is 2.28. The lowest BCUT2D eigenvalue weighted by molar-refractivity contribution is -0.274. The van der Waals surface area contributed by atoms with E-state index < -0.39 is 48.5 Å². The second kappa shape index (κ2) is 9.94. The number of benzene rings is 2. The summed E-state index contributed by atoms with van der Waals surface area (Å²) in [5.74, 6) is -2.44. The third kappa shape index (κ3) is 7.26. The van der Waals surface area contributed by atoms with Crippen LogP contribution in [0.3, 0.4) is 0 Å². The summed E-state index contributed by atoms with van der Waals surface area (Å²) in [6.07, 6.45) is -9.46. The molecule has 0 aromatic heterocycles. The molecule has 0 bridgehead atoms. The molecule has 4 N–H and O–H groups in total. The number of carboxylic acid groups (broad SMARTS) is 1. The van der Waals surface area contributed by atoms with Crippen LogP contribution in [0, 0.1) is 0 Å². The number of rotatable bonds is 8. The molecule has 2 aromatic carbocycles. The van der Waals surface area contributed by atoms with E-state index in [1.54, 1.807) is 30.3 Å². The molecule has 0 saturated carbocycles. The van der Waals surface area contributed by atoms with Crippen molar-refractivity contribution in [3.05, 3.63) is 65.2 Å². The first kappa shape index (κ1) is 23.0. The fraction of sp³-hybridized carbons (Fsp3) is 0.263. The van der Waals surface area contributed by atoms with Crippen LogP contribution in [0.1, 0.15) is 27.6 Å². The maximum absolute atomic E-state index is 12.4. The average molecular weight is 429 g/mol. The maximum atomic E-state index is 12.4. The zero-order valence-corrected chi connectivity index (χ0v) is 15.3. The van der Waals surface area contributed by atoms with Crippen LogP contribution >= 0.6 is 0 Å². The van der Waals surface area contributed by atoms with Crippen molar-refractivity contribution in [3.63, 3.8) is 0 Å². The molecule has 2 aromatic rings. The Labute approximate surface area is 168 Å². The molecular formula is C19H18F3NO7. The molecular weight excluding hydrogens is 411 g/mol. The summed E-state index contributed by atoms with van der Waals surface area (Å²) in [5.41, 5.74) is -0.217. The normalized spacial score (nSPS) is 13.2. The zero-order chi connectivity index (χ0) is 22.3. The Balaban J connectivity index is 1.99. The minimum absolute atomic E-state index is 0.0376. The molecule has 0 fully saturated rings. The fourth-order valence-electron chi connectivity index (χ4n) is 2.40. The van der Waals surface area contributed by atoms with Crippen molar-refractivity contribution in [2.45, 2.75) is 25.2 Å². The van der Waals surface area contributed by atoms with Gasteiger partial charge in [0.25, 0.3) is 0 Å². The van der Waals surface area contributed by atoms with Crippen LogP contribution in [0.15, 0.2) is 48.5 Å². The lowest BCUT2D eigenvalue weighted by Crippen LogP contribution is -2.35. The number of carbonyl (C=O) groups is 2. The van der Waals surface area contributed by atoms with Gasteiger partial charge in [-0.05, 0) is 29.3 Å². The van der Waals surface area contributed by atoms with Gasteiger partial charge in [0.1, 0.15) is 24.6 Å². The number of ether oxygens (including phenoxy) is 2. The van der Waals surface area contributed by atoms with Crippen LogP contribution in [0.25, 0.3) is 0 Å². The van der Waals surface area contributed by atoms with Crippen molar-refractivity contribution in [1.29, 1.82) is 0 Å². The van der Waals surface area contributed by atoms with Crippen molar-refractivity contribution in [1.82, 2.24) is 5.32 Å². The molecule has 0 aliphatic carbocycles. The molecule has 2 atom stereocenters. The van der Waals surface area contributed by atoms with E-state index in [2.05, 4.69) is 10.1 Å². The minimum atomic E-state index is -5.08. The summed E-state index contributed by atoms with van der Waals surface area (Å²) >= 11 is 0. The van der Waals surface area contributed by atoms with Gasteiger partial charge in [-0.3, -0.25) is 0 Å². The number of halogens is 3. The second-order valence-corrected chi connectivity index (χ2v) is 6.10. The zero-order valence-electron chi connectivity index (χ0n) is 15.3. The molecule has 0 saturated heterocycles. The summed E-state index contributed by atoms with van der Waals surface area (Å²) in [6.45, 7) is -0.550. The number of nitrogens with one attached hydrogen (secondary N) is 1. The lowest BCUT2D eigenvalue weighted by atomic mass is 10.0. The van der Waals surface area contributed by atoms with Gasteiger partial charge in [-0.1, -0.05) is 30.3 Å². The van der Waals surface area contributed by atoms with E-state index in [1.807, 2.05) is 0 Å². The van der Waals surface area contributed by atoms with Crippen LogP contribution in [-0.2, 0) is 11.3 Å². The Hall–Kier alpha value is -3.31. The van der Waals surface area contributed by atoms with Crippen molar-refractivity contribution in [2.24, 2.45) is 0 Å². The number of hydrogen-bond donors (Lipinski definition) is 4. The van der Waals surface area contributed by atoms with Crippen molar-refractivity contribution >= 4 is 12.1 Å². The number of hydrogen-bond acceptors (Lipinski definition) is 6. The van der Waals surface area contributed by atoms with Gasteiger partial charge in [-0.15, -0.1) is 13.2 Å². The number of aliphatic hydroxyl groups is 2. The molecule has 162 valence electrons. The smallest absolute Gasteiger partial charge is 0.478 e. The topological polar surface area (TPSA) is 125 Å². The quantitative estimate of drug-likeness (QED) is 0.508. The fourth-order valence-corrected chi connectivity index (χ4v) is 2.40. The van der Waals surface area contributed by atoms with Crippen molar-refractivity contribution < 1.29 is 47.6 Å². The van der Waals surface area contributed by atoms with Crippen molar-refractivity contribution in [3.8, 4) is 5.75 Å². The second-order valence-electron chi connectivity index (χ2n) is 6.10. The average Bonchev–Trinajstić information content (AvgIpc) is 2.69. The van der Waals surface area contributed by atoms with E-state index in [4.69, 9.17) is 9.84 Å². The van der Waals surface area contributed by atoms with E-state index in [0.717, 1.165) is 17.7 Å². The van der Waals surface area contributed by atoms with E-state index in [-0.39, 0.29) is 12.2 Å². The molecule has 0 spiro atoms. The number of aromatic carboxylic acids is 1. The monoisotopic (exact) mass is 429 g/mol. The van der Waals surface area contributed by atoms with Gasteiger partial charge in [0.15, 0.2) is 0 Å².